The van der Waals surface area contributed by atoms with Crippen LogP contribution < -0.4 is 0 Å². The minimum atomic E-state index is 0.277. The van der Waals surface area contributed by atoms with Crippen molar-refractivity contribution in [3.8, 4) is 0 Å². The van der Waals surface area contributed by atoms with E-state index in [4.69, 9.17) is 0 Å². The Morgan fingerprint density at radius 3 is 2.20 bits per heavy atom. The van der Waals surface area contributed by atoms with Gasteiger partial charge in [-0.1, -0.05) is 20.8 Å². The number of hydrogen-bond acceptors (Lipinski definition) is 1. The van der Waals surface area contributed by atoms with E-state index in [0.717, 1.165) is 0 Å². The van der Waals surface area contributed by atoms with Gasteiger partial charge in [-0.05, 0) is 38.4 Å². The van der Waals surface area contributed by atoms with Gasteiger partial charge in [-0.2, -0.15) is 0 Å². The van der Waals surface area contributed by atoms with Crippen molar-refractivity contribution in [1.29, 1.82) is 0 Å². The van der Waals surface area contributed by atoms with Crippen LogP contribution in [-0.2, 0) is 5.41 Å². The molecule has 0 aromatic carbocycles. The number of hydrogen-bond donors (Lipinski definition) is 0. The Labute approximate surface area is 74.4 Å². The molecule has 1 aromatic rings. The molecule has 0 amide bonds. The van der Waals surface area contributed by atoms with Crippen LogP contribution in [0.3, 0.4) is 0 Å². The maximum Gasteiger partial charge on any atom is 0.0735 e. The van der Waals surface area contributed by atoms with Crippen LogP contribution in [0.2, 0.25) is 0 Å². The van der Waals surface area contributed by atoms with Crippen LogP contribution in [0.25, 0.3) is 0 Å². The number of halogens is 1. The molecule has 0 radical (unpaired) electrons. The summed E-state index contributed by atoms with van der Waals surface area (Å²) < 4.78 is 1.26. The molecule has 0 saturated heterocycles. The first kappa shape index (κ1) is 8.28. The molecule has 0 fully saturated rings. The standard InChI is InChI=1S/C8H11BrS/c1-8(2,3)6-4-5-10-7(6)9/h4-5H,1-3H3. The van der Waals surface area contributed by atoms with Crippen molar-refractivity contribution in [2.75, 3.05) is 0 Å². The van der Waals surface area contributed by atoms with Crippen LogP contribution >= 0.6 is 27.3 Å². The van der Waals surface area contributed by atoms with Crippen LogP contribution in [0.5, 0.6) is 0 Å². The highest BCUT2D eigenvalue weighted by atomic mass is 79.9. The summed E-state index contributed by atoms with van der Waals surface area (Å²) in [4.78, 5) is 0. The first-order chi connectivity index (χ1) is 4.52. The topological polar surface area (TPSA) is 0 Å². The van der Waals surface area contributed by atoms with Crippen LogP contribution in [0.4, 0.5) is 0 Å². The van der Waals surface area contributed by atoms with E-state index in [1.54, 1.807) is 11.3 Å². The molecule has 1 aromatic heterocycles. The quantitative estimate of drug-likeness (QED) is 0.622. The summed E-state index contributed by atoms with van der Waals surface area (Å²) in [7, 11) is 0. The van der Waals surface area contributed by atoms with E-state index in [1.165, 1.54) is 9.35 Å². The zero-order valence-electron chi connectivity index (χ0n) is 6.44. The lowest BCUT2D eigenvalue weighted by Crippen LogP contribution is -2.09. The first-order valence-corrected chi connectivity index (χ1v) is 4.92. The molecule has 0 aliphatic heterocycles. The van der Waals surface area contributed by atoms with Gasteiger partial charge in [0, 0.05) is 0 Å². The first-order valence-electron chi connectivity index (χ1n) is 3.25. The molecule has 56 valence electrons. The number of thiophene rings is 1. The van der Waals surface area contributed by atoms with Crippen LogP contribution in [0.1, 0.15) is 26.3 Å². The van der Waals surface area contributed by atoms with E-state index in [1.807, 2.05) is 0 Å². The third kappa shape index (κ3) is 1.61. The zero-order valence-corrected chi connectivity index (χ0v) is 8.84. The third-order valence-corrected chi connectivity index (χ3v) is 3.11. The summed E-state index contributed by atoms with van der Waals surface area (Å²) in [5, 5.41) is 2.12. The molecule has 0 atom stereocenters. The highest BCUT2D eigenvalue weighted by Crippen LogP contribution is 2.33. The van der Waals surface area contributed by atoms with Crippen molar-refractivity contribution in [2.45, 2.75) is 26.2 Å². The van der Waals surface area contributed by atoms with Crippen LogP contribution in [0, 0.1) is 0 Å². The van der Waals surface area contributed by atoms with Gasteiger partial charge in [-0.25, -0.2) is 0 Å². The molecule has 0 spiro atoms. The van der Waals surface area contributed by atoms with E-state index in [2.05, 4.69) is 48.1 Å². The van der Waals surface area contributed by atoms with Gasteiger partial charge >= 0.3 is 0 Å². The van der Waals surface area contributed by atoms with E-state index >= 15 is 0 Å². The summed E-state index contributed by atoms with van der Waals surface area (Å²) >= 11 is 5.27. The van der Waals surface area contributed by atoms with E-state index < -0.39 is 0 Å². The monoisotopic (exact) mass is 218 g/mol. The molecular weight excluding hydrogens is 208 g/mol. The van der Waals surface area contributed by atoms with E-state index in [0.29, 0.717) is 0 Å². The molecule has 1 rings (SSSR count). The van der Waals surface area contributed by atoms with Crippen molar-refractivity contribution in [1.82, 2.24) is 0 Å². The Bertz CT molecular complexity index is 219. The predicted molar refractivity (Wildman–Crippen MR) is 50.7 cm³/mol. The lowest BCUT2D eigenvalue weighted by atomic mass is 9.90. The molecule has 10 heavy (non-hydrogen) atoms. The summed E-state index contributed by atoms with van der Waals surface area (Å²) in [6.07, 6.45) is 0. The summed E-state index contributed by atoms with van der Waals surface area (Å²) in [5.41, 5.74) is 1.68. The van der Waals surface area contributed by atoms with Crippen molar-refractivity contribution >= 4 is 27.3 Å². The molecule has 2 heteroatoms. The molecule has 0 aliphatic carbocycles. The Balaban J connectivity index is 3.05. The minimum Gasteiger partial charge on any atom is -0.137 e. The summed E-state index contributed by atoms with van der Waals surface area (Å²) in [6.45, 7) is 6.67. The fraction of sp³-hybridized carbons (Fsp3) is 0.500. The molecule has 0 N–H and O–H groups in total. The third-order valence-electron chi connectivity index (χ3n) is 1.43. The van der Waals surface area contributed by atoms with Crippen molar-refractivity contribution < 1.29 is 0 Å². The molecule has 0 nitrogen and oxygen atoms in total. The van der Waals surface area contributed by atoms with E-state index in [-0.39, 0.29) is 5.41 Å². The fourth-order valence-electron chi connectivity index (χ4n) is 0.836. The molecule has 0 unspecified atom stereocenters. The van der Waals surface area contributed by atoms with Gasteiger partial charge in [-0.15, -0.1) is 11.3 Å². The molecular formula is C8H11BrS. The van der Waals surface area contributed by atoms with Gasteiger partial charge in [0.05, 0.1) is 3.79 Å². The lowest BCUT2D eigenvalue weighted by molar-refractivity contribution is 0.590. The van der Waals surface area contributed by atoms with Gasteiger partial charge in [0.1, 0.15) is 0 Å². The molecule has 0 saturated carbocycles. The largest absolute Gasteiger partial charge is 0.137 e. The second kappa shape index (κ2) is 2.67. The van der Waals surface area contributed by atoms with Gasteiger partial charge in [0.25, 0.3) is 0 Å². The van der Waals surface area contributed by atoms with Crippen molar-refractivity contribution in [2.24, 2.45) is 0 Å². The Morgan fingerprint density at radius 2 is 2.00 bits per heavy atom. The second-order valence-corrected chi connectivity index (χ2v) is 5.59. The van der Waals surface area contributed by atoms with Gasteiger partial charge in [0.15, 0.2) is 0 Å². The number of rotatable bonds is 0. The van der Waals surface area contributed by atoms with Gasteiger partial charge in [0.2, 0.25) is 0 Å². The summed E-state index contributed by atoms with van der Waals surface area (Å²) in [5.74, 6) is 0. The fourth-order valence-corrected chi connectivity index (χ4v) is 2.71. The smallest absolute Gasteiger partial charge is 0.0735 e. The minimum absolute atomic E-state index is 0.277. The highest BCUT2D eigenvalue weighted by Gasteiger charge is 2.16. The SMILES string of the molecule is CC(C)(C)c1ccsc1Br. The average molecular weight is 219 g/mol. The second-order valence-electron chi connectivity index (χ2n) is 3.36. The van der Waals surface area contributed by atoms with Crippen LogP contribution in [0.15, 0.2) is 15.2 Å². The van der Waals surface area contributed by atoms with Gasteiger partial charge in [-0.3, -0.25) is 0 Å². The maximum atomic E-state index is 3.52. The van der Waals surface area contributed by atoms with Crippen LogP contribution in [-0.4, -0.2) is 0 Å². The Kier molecular flexibility index (Phi) is 2.21. The maximum absolute atomic E-state index is 3.52. The van der Waals surface area contributed by atoms with Crippen molar-refractivity contribution in [3.05, 3.63) is 20.8 Å². The van der Waals surface area contributed by atoms with Crippen molar-refractivity contribution in [3.63, 3.8) is 0 Å². The normalized spacial score (nSPS) is 12.0. The molecule has 0 aliphatic rings. The molecule has 1 heterocycles. The van der Waals surface area contributed by atoms with E-state index in [9.17, 15) is 0 Å². The zero-order chi connectivity index (χ0) is 7.78. The Morgan fingerprint density at radius 1 is 1.40 bits per heavy atom. The average Bonchev–Trinajstić information content (AvgIpc) is 2.11. The predicted octanol–water partition coefficient (Wildman–Crippen LogP) is 3.81. The molecule has 0 bridgehead atoms. The summed E-state index contributed by atoms with van der Waals surface area (Å²) in [6, 6.07) is 2.18. The Hall–Kier alpha value is 0.180. The lowest BCUT2D eigenvalue weighted by Gasteiger charge is -2.17. The highest BCUT2D eigenvalue weighted by molar-refractivity contribution is 9.11. The van der Waals surface area contributed by atoms with Gasteiger partial charge < -0.3 is 0 Å².